The van der Waals surface area contributed by atoms with E-state index in [1.165, 1.54) is 42.6 Å². The Morgan fingerprint density at radius 1 is 1.21 bits per heavy atom. The third kappa shape index (κ3) is 3.38. The standard InChI is InChI=1S/C21H19N3O4S/c1-27-12-7-11(8-13(9-12)28-2)18(25)15(10-22)19-23-20(26)17-14-5-3-4-6-16(14)29-21(17)24-19/h7-9,15H,3-6H2,1-2H3,(H,23,24,26). The Balaban J connectivity index is 1.78. The molecule has 2 aromatic heterocycles. The van der Waals surface area contributed by atoms with Crippen molar-refractivity contribution in [2.24, 2.45) is 0 Å². The van der Waals surface area contributed by atoms with Gasteiger partial charge in [0.25, 0.3) is 5.56 Å². The molecule has 0 radical (unpaired) electrons. The van der Waals surface area contributed by atoms with E-state index in [9.17, 15) is 14.9 Å². The van der Waals surface area contributed by atoms with Gasteiger partial charge in [0.05, 0.1) is 25.7 Å². The largest absolute Gasteiger partial charge is 0.497 e. The number of hydrogen-bond donors (Lipinski definition) is 1. The van der Waals surface area contributed by atoms with Gasteiger partial charge in [-0.15, -0.1) is 11.3 Å². The second-order valence-corrected chi connectivity index (χ2v) is 7.95. The first kappa shape index (κ1) is 19.2. The number of benzene rings is 1. The maximum Gasteiger partial charge on any atom is 0.259 e. The molecular weight excluding hydrogens is 390 g/mol. The van der Waals surface area contributed by atoms with Crippen LogP contribution in [0.25, 0.3) is 10.2 Å². The van der Waals surface area contributed by atoms with Gasteiger partial charge in [0.2, 0.25) is 0 Å². The summed E-state index contributed by atoms with van der Waals surface area (Å²) in [4.78, 5) is 34.8. The first-order valence-corrected chi connectivity index (χ1v) is 10.1. The summed E-state index contributed by atoms with van der Waals surface area (Å²) in [6.07, 6.45) is 3.96. The minimum Gasteiger partial charge on any atom is -0.497 e. The Bertz CT molecular complexity index is 1180. The molecule has 0 saturated heterocycles. The van der Waals surface area contributed by atoms with Gasteiger partial charge in [-0.1, -0.05) is 0 Å². The van der Waals surface area contributed by atoms with Crippen molar-refractivity contribution in [2.75, 3.05) is 14.2 Å². The number of carbonyl (C=O) groups is 1. The second kappa shape index (κ2) is 7.68. The number of fused-ring (bicyclic) bond motifs is 3. The summed E-state index contributed by atoms with van der Waals surface area (Å²) >= 11 is 1.48. The predicted molar refractivity (Wildman–Crippen MR) is 109 cm³/mol. The van der Waals surface area contributed by atoms with E-state index in [1.54, 1.807) is 6.07 Å². The number of ether oxygens (including phenoxy) is 2. The maximum atomic E-state index is 13.1. The number of methoxy groups -OCH3 is 2. The van der Waals surface area contributed by atoms with Gasteiger partial charge < -0.3 is 14.5 Å². The molecule has 0 bridgehead atoms. The molecule has 0 amide bonds. The molecule has 1 aliphatic rings. The van der Waals surface area contributed by atoms with Crippen LogP contribution < -0.4 is 15.0 Å². The van der Waals surface area contributed by atoms with E-state index in [-0.39, 0.29) is 16.9 Å². The van der Waals surface area contributed by atoms with Crippen LogP contribution in [0.15, 0.2) is 23.0 Å². The highest BCUT2D eigenvalue weighted by molar-refractivity contribution is 7.18. The molecule has 1 unspecified atom stereocenters. The van der Waals surface area contributed by atoms with E-state index in [0.29, 0.717) is 21.7 Å². The van der Waals surface area contributed by atoms with Crippen molar-refractivity contribution in [3.05, 3.63) is 50.4 Å². The Hall–Kier alpha value is -3.18. The highest BCUT2D eigenvalue weighted by atomic mass is 32.1. The molecule has 0 saturated carbocycles. The number of Topliss-reactive ketones (excluding diaryl/α,β-unsaturated/α-hetero) is 1. The third-order valence-electron chi connectivity index (χ3n) is 5.14. The number of nitriles is 1. The zero-order valence-electron chi connectivity index (χ0n) is 16.1. The Labute approximate surface area is 170 Å². The summed E-state index contributed by atoms with van der Waals surface area (Å²) in [5.74, 6) is -0.772. The van der Waals surface area contributed by atoms with Crippen molar-refractivity contribution < 1.29 is 14.3 Å². The number of aromatic amines is 1. The van der Waals surface area contributed by atoms with E-state index in [0.717, 1.165) is 31.2 Å². The molecule has 8 heteroatoms. The lowest BCUT2D eigenvalue weighted by Crippen LogP contribution is -2.20. The van der Waals surface area contributed by atoms with Gasteiger partial charge in [0, 0.05) is 16.5 Å². The average Bonchev–Trinajstić information content (AvgIpc) is 3.12. The quantitative estimate of drug-likeness (QED) is 0.648. The van der Waals surface area contributed by atoms with Gasteiger partial charge in [-0.2, -0.15) is 5.26 Å². The van der Waals surface area contributed by atoms with E-state index in [4.69, 9.17) is 9.47 Å². The summed E-state index contributed by atoms with van der Waals surface area (Å²) in [6.45, 7) is 0. The zero-order valence-corrected chi connectivity index (χ0v) is 16.9. The SMILES string of the molecule is COc1cc(OC)cc(C(=O)C(C#N)c2nc3sc4c(c3c(=O)[nH]2)CCCC4)c1. The minimum atomic E-state index is -1.23. The monoisotopic (exact) mass is 409 g/mol. The van der Waals surface area contributed by atoms with Crippen molar-refractivity contribution in [3.63, 3.8) is 0 Å². The maximum absolute atomic E-state index is 13.1. The lowest BCUT2D eigenvalue weighted by molar-refractivity contribution is 0.0975. The van der Waals surface area contributed by atoms with Gasteiger partial charge >= 0.3 is 0 Å². The normalized spacial score (nSPS) is 14.1. The molecule has 7 nitrogen and oxygen atoms in total. The number of carbonyl (C=O) groups excluding carboxylic acids is 1. The first-order chi connectivity index (χ1) is 14.0. The predicted octanol–water partition coefficient (Wildman–Crippen LogP) is 3.37. The lowest BCUT2D eigenvalue weighted by atomic mass is 9.96. The van der Waals surface area contributed by atoms with Crippen LogP contribution >= 0.6 is 11.3 Å². The van der Waals surface area contributed by atoms with Crippen molar-refractivity contribution in [2.45, 2.75) is 31.6 Å². The van der Waals surface area contributed by atoms with E-state index in [1.807, 2.05) is 6.07 Å². The van der Waals surface area contributed by atoms with Crippen molar-refractivity contribution in [3.8, 4) is 17.6 Å². The first-order valence-electron chi connectivity index (χ1n) is 9.27. The van der Waals surface area contributed by atoms with Crippen LogP contribution in [-0.4, -0.2) is 30.0 Å². The van der Waals surface area contributed by atoms with E-state index >= 15 is 0 Å². The smallest absolute Gasteiger partial charge is 0.259 e. The van der Waals surface area contributed by atoms with Gasteiger partial charge in [0.15, 0.2) is 11.7 Å². The lowest BCUT2D eigenvalue weighted by Gasteiger charge is -2.11. The number of nitrogens with one attached hydrogen (secondary N) is 1. The number of aryl methyl sites for hydroxylation is 2. The molecule has 0 aliphatic heterocycles. The number of aromatic nitrogens is 2. The molecule has 1 N–H and O–H groups in total. The average molecular weight is 409 g/mol. The molecule has 4 rings (SSSR count). The molecule has 148 valence electrons. The molecule has 0 fully saturated rings. The number of thiophene rings is 1. The molecule has 1 aliphatic carbocycles. The van der Waals surface area contributed by atoms with Crippen molar-refractivity contribution in [1.29, 1.82) is 5.26 Å². The summed E-state index contributed by atoms with van der Waals surface area (Å²) in [6, 6.07) is 6.70. The molecule has 3 aromatic rings. The van der Waals surface area contributed by atoms with Gasteiger partial charge in [-0.05, 0) is 43.4 Å². The fraction of sp³-hybridized carbons (Fsp3) is 0.333. The fourth-order valence-electron chi connectivity index (χ4n) is 3.68. The summed E-state index contributed by atoms with van der Waals surface area (Å²) in [5.41, 5.74) is 1.02. The number of nitrogens with zero attached hydrogens (tertiary/aromatic N) is 2. The zero-order chi connectivity index (χ0) is 20.5. The van der Waals surface area contributed by atoms with Crippen LogP contribution in [0.1, 0.15) is 45.4 Å². The second-order valence-electron chi connectivity index (χ2n) is 6.87. The molecule has 1 atom stereocenters. The topological polar surface area (TPSA) is 105 Å². The minimum absolute atomic E-state index is 0.0652. The Kier molecular flexibility index (Phi) is 5.07. The molecule has 29 heavy (non-hydrogen) atoms. The summed E-state index contributed by atoms with van der Waals surface area (Å²) in [5, 5.41) is 10.3. The van der Waals surface area contributed by atoms with Crippen LogP contribution in [0.2, 0.25) is 0 Å². The molecule has 2 heterocycles. The van der Waals surface area contributed by atoms with E-state index < -0.39 is 11.7 Å². The molecule has 1 aromatic carbocycles. The molecule has 0 spiro atoms. The van der Waals surface area contributed by atoms with E-state index in [2.05, 4.69) is 9.97 Å². The number of rotatable bonds is 5. The molecular formula is C21H19N3O4S. The fourth-order valence-corrected chi connectivity index (χ4v) is 4.95. The van der Waals surface area contributed by atoms with Crippen LogP contribution in [0.4, 0.5) is 0 Å². The summed E-state index contributed by atoms with van der Waals surface area (Å²) < 4.78 is 10.4. The van der Waals surface area contributed by atoms with Crippen LogP contribution in [0.5, 0.6) is 11.5 Å². The van der Waals surface area contributed by atoms with Crippen molar-refractivity contribution in [1.82, 2.24) is 9.97 Å². The number of ketones is 1. The van der Waals surface area contributed by atoms with Crippen LogP contribution in [0, 0.1) is 11.3 Å². The highest BCUT2D eigenvalue weighted by Crippen LogP contribution is 2.34. The van der Waals surface area contributed by atoms with Gasteiger partial charge in [-0.25, -0.2) is 4.98 Å². The van der Waals surface area contributed by atoms with Gasteiger partial charge in [0.1, 0.15) is 22.2 Å². The van der Waals surface area contributed by atoms with Crippen LogP contribution in [0.3, 0.4) is 0 Å². The third-order valence-corrected chi connectivity index (χ3v) is 6.33. The number of H-pyrrole nitrogens is 1. The highest BCUT2D eigenvalue weighted by Gasteiger charge is 2.28. The Morgan fingerprint density at radius 3 is 2.55 bits per heavy atom. The van der Waals surface area contributed by atoms with Crippen molar-refractivity contribution >= 4 is 27.3 Å². The Morgan fingerprint density at radius 2 is 1.90 bits per heavy atom. The number of hydrogen-bond acceptors (Lipinski definition) is 7. The van der Waals surface area contributed by atoms with Gasteiger partial charge in [-0.3, -0.25) is 9.59 Å². The van der Waals surface area contributed by atoms with Crippen LogP contribution in [-0.2, 0) is 12.8 Å². The summed E-state index contributed by atoms with van der Waals surface area (Å²) in [7, 11) is 2.96.